The molecular formula is C16H17N3OS. The second-order valence-electron chi connectivity index (χ2n) is 4.80. The van der Waals surface area contributed by atoms with Gasteiger partial charge in [-0.25, -0.2) is 9.97 Å². The van der Waals surface area contributed by atoms with Crippen molar-refractivity contribution in [3.8, 4) is 17.1 Å². The smallest absolute Gasteiger partial charge is 0.183 e. The van der Waals surface area contributed by atoms with Gasteiger partial charge in [0.25, 0.3) is 0 Å². The standard InChI is InChI=1S/C16H17N3OS/c1-4-17-16-19-14(9-21-16)13-8-15(20-3)11-6-5-10(2)7-12(11)18-13/h5-9H,4H2,1-3H3,(H,17,19). The maximum absolute atomic E-state index is 5.50. The van der Waals surface area contributed by atoms with Gasteiger partial charge in [0.05, 0.1) is 18.3 Å². The van der Waals surface area contributed by atoms with Gasteiger partial charge in [0.1, 0.15) is 11.4 Å². The van der Waals surface area contributed by atoms with Crippen LogP contribution in [-0.4, -0.2) is 23.6 Å². The van der Waals surface area contributed by atoms with Crippen LogP contribution < -0.4 is 10.1 Å². The minimum atomic E-state index is 0.827. The number of thiazole rings is 1. The summed E-state index contributed by atoms with van der Waals surface area (Å²) in [5.74, 6) is 0.827. The SMILES string of the molecule is CCNc1nc(-c2cc(OC)c3ccc(C)cc3n2)cs1. The molecule has 0 bridgehead atoms. The normalized spacial score (nSPS) is 10.8. The molecule has 0 aliphatic heterocycles. The summed E-state index contributed by atoms with van der Waals surface area (Å²) in [6.45, 7) is 4.98. The van der Waals surface area contributed by atoms with Crippen LogP contribution >= 0.6 is 11.3 Å². The van der Waals surface area contributed by atoms with E-state index in [-0.39, 0.29) is 0 Å². The van der Waals surface area contributed by atoms with Crippen molar-refractivity contribution >= 4 is 27.4 Å². The van der Waals surface area contributed by atoms with Gasteiger partial charge in [-0.2, -0.15) is 0 Å². The molecule has 108 valence electrons. The number of fused-ring (bicyclic) bond motifs is 1. The van der Waals surface area contributed by atoms with Crippen LogP contribution in [0.3, 0.4) is 0 Å². The Morgan fingerprint density at radius 1 is 1.19 bits per heavy atom. The van der Waals surface area contributed by atoms with Gasteiger partial charge < -0.3 is 10.1 Å². The minimum Gasteiger partial charge on any atom is -0.496 e. The Kier molecular flexibility index (Phi) is 3.75. The van der Waals surface area contributed by atoms with Crippen LogP contribution in [0.25, 0.3) is 22.3 Å². The summed E-state index contributed by atoms with van der Waals surface area (Å²) in [4.78, 5) is 9.29. The molecule has 3 aromatic rings. The fraction of sp³-hybridized carbons (Fsp3) is 0.250. The molecule has 0 unspecified atom stereocenters. The number of hydrogen-bond donors (Lipinski definition) is 1. The lowest BCUT2D eigenvalue weighted by Gasteiger charge is -2.08. The molecule has 2 aromatic heterocycles. The summed E-state index contributed by atoms with van der Waals surface area (Å²) in [5, 5.41) is 7.17. The number of nitrogens with one attached hydrogen (secondary N) is 1. The number of aryl methyl sites for hydroxylation is 1. The minimum absolute atomic E-state index is 0.827. The number of rotatable bonds is 4. The Morgan fingerprint density at radius 2 is 2.05 bits per heavy atom. The summed E-state index contributed by atoms with van der Waals surface area (Å²) in [5.41, 5.74) is 3.83. The number of nitrogens with zero attached hydrogens (tertiary/aromatic N) is 2. The highest BCUT2D eigenvalue weighted by atomic mass is 32.1. The van der Waals surface area contributed by atoms with Crippen LogP contribution in [0.1, 0.15) is 12.5 Å². The van der Waals surface area contributed by atoms with Crippen LogP contribution in [0.2, 0.25) is 0 Å². The van der Waals surface area contributed by atoms with E-state index in [1.807, 2.05) is 17.5 Å². The maximum atomic E-state index is 5.50. The Bertz CT molecular complexity index is 782. The Labute approximate surface area is 127 Å². The van der Waals surface area contributed by atoms with Crippen molar-refractivity contribution in [1.29, 1.82) is 0 Å². The van der Waals surface area contributed by atoms with Gasteiger partial charge in [-0.15, -0.1) is 11.3 Å². The predicted octanol–water partition coefficient (Wildman–Crippen LogP) is 4.11. The molecular weight excluding hydrogens is 282 g/mol. The number of ether oxygens (including phenoxy) is 1. The van der Waals surface area contributed by atoms with E-state index in [2.05, 4.69) is 36.3 Å². The zero-order valence-electron chi connectivity index (χ0n) is 12.3. The van der Waals surface area contributed by atoms with Crippen molar-refractivity contribution in [1.82, 2.24) is 9.97 Å². The Morgan fingerprint density at radius 3 is 2.81 bits per heavy atom. The quantitative estimate of drug-likeness (QED) is 0.787. The average molecular weight is 299 g/mol. The van der Waals surface area contributed by atoms with Gasteiger partial charge in [-0.1, -0.05) is 6.07 Å². The van der Waals surface area contributed by atoms with Gasteiger partial charge >= 0.3 is 0 Å². The molecule has 0 saturated heterocycles. The van der Waals surface area contributed by atoms with Gasteiger partial charge in [-0.05, 0) is 31.5 Å². The molecule has 0 spiro atoms. The number of hydrogen-bond acceptors (Lipinski definition) is 5. The third kappa shape index (κ3) is 2.69. The summed E-state index contributed by atoms with van der Waals surface area (Å²) < 4.78 is 5.50. The van der Waals surface area contributed by atoms with Crippen molar-refractivity contribution in [3.63, 3.8) is 0 Å². The van der Waals surface area contributed by atoms with Crippen LogP contribution in [-0.2, 0) is 0 Å². The van der Waals surface area contributed by atoms with Crippen molar-refractivity contribution < 1.29 is 4.74 Å². The van der Waals surface area contributed by atoms with E-state index in [1.165, 1.54) is 5.56 Å². The van der Waals surface area contributed by atoms with Gasteiger partial charge in [0.2, 0.25) is 0 Å². The van der Waals surface area contributed by atoms with E-state index in [4.69, 9.17) is 9.72 Å². The molecule has 1 aromatic carbocycles. The van der Waals surface area contributed by atoms with Crippen LogP contribution in [0.5, 0.6) is 5.75 Å². The van der Waals surface area contributed by atoms with E-state index in [1.54, 1.807) is 18.4 Å². The van der Waals surface area contributed by atoms with Crippen LogP contribution in [0.4, 0.5) is 5.13 Å². The highest BCUT2D eigenvalue weighted by molar-refractivity contribution is 7.14. The molecule has 0 saturated carbocycles. The largest absolute Gasteiger partial charge is 0.496 e. The summed E-state index contributed by atoms with van der Waals surface area (Å²) >= 11 is 1.59. The second kappa shape index (κ2) is 5.69. The highest BCUT2D eigenvalue weighted by Gasteiger charge is 2.11. The van der Waals surface area contributed by atoms with Gasteiger partial charge in [-0.3, -0.25) is 0 Å². The Hall–Kier alpha value is -2.14. The molecule has 1 N–H and O–H groups in total. The van der Waals surface area contributed by atoms with E-state index in [0.717, 1.165) is 39.7 Å². The van der Waals surface area contributed by atoms with Crippen molar-refractivity contribution in [2.45, 2.75) is 13.8 Å². The topological polar surface area (TPSA) is 47.0 Å². The fourth-order valence-electron chi connectivity index (χ4n) is 2.23. The zero-order chi connectivity index (χ0) is 14.8. The van der Waals surface area contributed by atoms with Gasteiger partial charge in [0, 0.05) is 23.4 Å². The van der Waals surface area contributed by atoms with Crippen molar-refractivity contribution in [2.24, 2.45) is 0 Å². The number of aromatic nitrogens is 2. The highest BCUT2D eigenvalue weighted by Crippen LogP contribution is 2.31. The van der Waals surface area contributed by atoms with Crippen molar-refractivity contribution in [2.75, 3.05) is 19.0 Å². The first kappa shape index (κ1) is 13.8. The lowest BCUT2D eigenvalue weighted by Crippen LogP contribution is -1.96. The maximum Gasteiger partial charge on any atom is 0.183 e. The first-order valence-corrected chi connectivity index (χ1v) is 7.74. The number of pyridine rings is 1. The molecule has 5 heteroatoms. The Balaban J connectivity index is 2.13. The lowest BCUT2D eigenvalue weighted by molar-refractivity contribution is 0.419. The monoisotopic (exact) mass is 299 g/mol. The summed E-state index contributed by atoms with van der Waals surface area (Å²) in [7, 11) is 1.68. The lowest BCUT2D eigenvalue weighted by atomic mass is 10.1. The summed E-state index contributed by atoms with van der Waals surface area (Å²) in [6.07, 6.45) is 0. The van der Waals surface area contributed by atoms with Gasteiger partial charge in [0.15, 0.2) is 5.13 Å². The molecule has 4 nitrogen and oxygen atoms in total. The number of methoxy groups -OCH3 is 1. The third-order valence-corrected chi connectivity index (χ3v) is 4.04. The molecule has 21 heavy (non-hydrogen) atoms. The number of benzene rings is 1. The average Bonchev–Trinajstić information content (AvgIpc) is 2.94. The van der Waals surface area contributed by atoms with E-state index in [0.29, 0.717) is 0 Å². The molecule has 3 rings (SSSR count). The molecule has 0 radical (unpaired) electrons. The molecule has 0 amide bonds. The van der Waals surface area contributed by atoms with Crippen molar-refractivity contribution in [3.05, 3.63) is 35.2 Å². The van der Waals surface area contributed by atoms with Crippen LogP contribution in [0.15, 0.2) is 29.6 Å². The van der Waals surface area contributed by atoms with E-state index >= 15 is 0 Å². The second-order valence-corrected chi connectivity index (χ2v) is 5.66. The molecule has 2 heterocycles. The van der Waals surface area contributed by atoms with E-state index in [9.17, 15) is 0 Å². The van der Waals surface area contributed by atoms with Crippen LogP contribution in [0, 0.1) is 6.92 Å². The first-order chi connectivity index (χ1) is 10.2. The predicted molar refractivity (Wildman–Crippen MR) is 88.3 cm³/mol. The zero-order valence-corrected chi connectivity index (χ0v) is 13.1. The third-order valence-electron chi connectivity index (χ3n) is 3.24. The fourth-order valence-corrected chi connectivity index (χ4v) is 3.01. The molecule has 0 fully saturated rings. The molecule has 0 aliphatic rings. The molecule has 0 aliphatic carbocycles. The summed E-state index contributed by atoms with van der Waals surface area (Å²) in [6, 6.07) is 8.13. The molecule has 0 atom stereocenters. The first-order valence-electron chi connectivity index (χ1n) is 6.86. The van der Waals surface area contributed by atoms with E-state index < -0.39 is 0 Å². The number of anilines is 1.